The van der Waals surface area contributed by atoms with E-state index in [9.17, 15) is 0 Å². The first kappa shape index (κ1) is 9.79. The number of aliphatic hydroxyl groups is 1. The van der Waals surface area contributed by atoms with Crippen LogP contribution in [0.5, 0.6) is 0 Å². The van der Waals surface area contributed by atoms with Crippen LogP contribution in [0.2, 0.25) is 0 Å². The summed E-state index contributed by atoms with van der Waals surface area (Å²) in [6.45, 7) is 2.49. The third kappa shape index (κ3) is 2.02. The highest BCUT2D eigenvalue weighted by atomic mass is 16.3. The van der Waals surface area contributed by atoms with Crippen molar-refractivity contribution in [3.05, 3.63) is 41.7 Å². The van der Waals surface area contributed by atoms with Crippen molar-refractivity contribution in [2.24, 2.45) is 0 Å². The number of nitrogens with zero attached hydrogens (tertiary/aromatic N) is 4. The zero-order valence-electron chi connectivity index (χ0n) is 8.46. The van der Waals surface area contributed by atoms with Crippen molar-refractivity contribution in [3.8, 4) is 0 Å². The predicted octanol–water partition coefficient (Wildman–Crippen LogP) is 0.522. The second-order valence-electron chi connectivity index (χ2n) is 3.30. The zero-order valence-corrected chi connectivity index (χ0v) is 8.46. The molecule has 0 saturated carbocycles. The van der Waals surface area contributed by atoms with Crippen molar-refractivity contribution in [2.45, 2.75) is 20.1 Å². The lowest BCUT2D eigenvalue weighted by atomic mass is 10.2. The van der Waals surface area contributed by atoms with E-state index in [1.165, 1.54) is 0 Å². The molecule has 0 unspecified atom stereocenters. The van der Waals surface area contributed by atoms with Gasteiger partial charge in [-0.05, 0) is 18.6 Å². The first-order valence-corrected chi connectivity index (χ1v) is 4.69. The Bertz CT molecular complexity index is 452. The van der Waals surface area contributed by atoms with Gasteiger partial charge in [-0.1, -0.05) is 6.07 Å². The zero-order chi connectivity index (χ0) is 10.7. The molecule has 2 aromatic rings. The molecular formula is C10H12N4O. The molecule has 2 heterocycles. The molecule has 0 amide bonds. The third-order valence-electron chi connectivity index (χ3n) is 2.28. The van der Waals surface area contributed by atoms with Gasteiger partial charge in [0.15, 0.2) is 5.82 Å². The van der Waals surface area contributed by atoms with Gasteiger partial charge in [-0.3, -0.25) is 4.98 Å². The fourth-order valence-electron chi connectivity index (χ4n) is 1.38. The first-order valence-electron chi connectivity index (χ1n) is 4.69. The molecule has 1 N–H and O–H groups in total. The van der Waals surface area contributed by atoms with E-state index >= 15 is 0 Å². The number of hydrogen-bond acceptors (Lipinski definition) is 4. The van der Waals surface area contributed by atoms with Gasteiger partial charge in [0, 0.05) is 6.20 Å². The Balaban J connectivity index is 2.26. The third-order valence-corrected chi connectivity index (χ3v) is 2.28. The lowest BCUT2D eigenvalue weighted by Gasteiger charge is -2.06. The average molecular weight is 204 g/mol. The highest BCUT2D eigenvalue weighted by molar-refractivity contribution is 5.18. The van der Waals surface area contributed by atoms with Crippen LogP contribution in [0.3, 0.4) is 0 Å². The molecule has 2 rings (SSSR count). The summed E-state index contributed by atoms with van der Waals surface area (Å²) in [7, 11) is 0. The van der Waals surface area contributed by atoms with E-state index in [1.807, 2.05) is 19.1 Å². The first-order chi connectivity index (χ1) is 7.31. The SMILES string of the molecule is Cc1cccnc1Cn1cnnc1CO. The molecule has 0 spiro atoms. The minimum Gasteiger partial charge on any atom is -0.388 e. The topological polar surface area (TPSA) is 63.8 Å². The minimum atomic E-state index is -0.105. The van der Waals surface area contributed by atoms with Gasteiger partial charge in [0.2, 0.25) is 0 Å². The van der Waals surface area contributed by atoms with Crippen LogP contribution in [0.25, 0.3) is 0 Å². The summed E-state index contributed by atoms with van der Waals surface area (Å²) in [5, 5.41) is 16.6. The minimum absolute atomic E-state index is 0.105. The van der Waals surface area contributed by atoms with E-state index in [1.54, 1.807) is 17.1 Å². The Morgan fingerprint density at radius 3 is 3.07 bits per heavy atom. The monoisotopic (exact) mass is 204 g/mol. The Morgan fingerprint density at radius 1 is 1.47 bits per heavy atom. The lowest BCUT2D eigenvalue weighted by Crippen LogP contribution is -2.06. The molecule has 78 valence electrons. The Labute approximate surface area is 87.4 Å². The molecule has 0 saturated heterocycles. The van der Waals surface area contributed by atoms with Gasteiger partial charge in [0.05, 0.1) is 12.2 Å². The fraction of sp³-hybridized carbons (Fsp3) is 0.300. The Kier molecular flexibility index (Phi) is 2.73. The molecule has 0 aliphatic heterocycles. The Morgan fingerprint density at radius 2 is 2.33 bits per heavy atom. The maximum atomic E-state index is 9.01. The van der Waals surface area contributed by atoms with E-state index < -0.39 is 0 Å². The highest BCUT2D eigenvalue weighted by Gasteiger charge is 2.05. The molecule has 5 nitrogen and oxygen atoms in total. The van der Waals surface area contributed by atoms with Crippen LogP contribution in [0.1, 0.15) is 17.1 Å². The number of hydrogen-bond donors (Lipinski definition) is 1. The molecule has 0 aliphatic rings. The van der Waals surface area contributed by atoms with Gasteiger partial charge in [0.25, 0.3) is 0 Å². The molecule has 2 aromatic heterocycles. The van der Waals surface area contributed by atoms with Gasteiger partial charge in [-0.25, -0.2) is 0 Å². The van der Waals surface area contributed by atoms with Crippen LogP contribution in [0.4, 0.5) is 0 Å². The van der Waals surface area contributed by atoms with Crippen LogP contribution in [0, 0.1) is 6.92 Å². The summed E-state index contributed by atoms with van der Waals surface area (Å²) in [4.78, 5) is 4.27. The van der Waals surface area contributed by atoms with Crippen molar-refractivity contribution in [2.75, 3.05) is 0 Å². The normalized spacial score (nSPS) is 10.5. The van der Waals surface area contributed by atoms with Crippen molar-refractivity contribution in [3.63, 3.8) is 0 Å². The van der Waals surface area contributed by atoms with E-state index in [2.05, 4.69) is 15.2 Å². The predicted molar refractivity (Wildman–Crippen MR) is 54.0 cm³/mol. The number of aryl methyl sites for hydroxylation is 1. The summed E-state index contributed by atoms with van der Waals surface area (Å²) in [6.07, 6.45) is 3.35. The molecule has 0 radical (unpaired) electrons. The van der Waals surface area contributed by atoms with Crippen molar-refractivity contribution in [1.29, 1.82) is 0 Å². The standard InChI is InChI=1S/C10H12N4O/c1-8-3-2-4-11-9(8)5-14-7-12-13-10(14)6-15/h2-4,7,15H,5-6H2,1H3. The highest BCUT2D eigenvalue weighted by Crippen LogP contribution is 2.06. The molecule has 0 aromatic carbocycles. The van der Waals surface area contributed by atoms with Crippen LogP contribution in [-0.4, -0.2) is 24.9 Å². The van der Waals surface area contributed by atoms with Crippen LogP contribution in [-0.2, 0) is 13.2 Å². The second kappa shape index (κ2) is 4.18. The summed E-state index contributed by atoms with van der Waals surface area (Å²) >= 11 is 0. The lowest BCUT2D eigenvalue weighted by molar-refractivity contribution is 0.265. The molecule has 0 bridgehead atoms. The molecule has 0 aliphatic carbocycles. The number of pyridine rings is 1. The van der Waals surface area contributed by atoms with Crippen LogP contribution < -0.4 is 0 Å². The van der Waals surface area contributed by atoms with Gasteiger partial charge < -0.3 is 9.67 Å². The molecule has 5 heteroatoms. The summed E-state index contributed by atoms with van der Waals surface area (Å²) < 4.78 is 1.79. The molecule has 0 fully saturated rings. The van der Waals surface area contributed by atoms with Gasteiger partial charge >= 0.3 is 0 Å². The van der Waals surface area contributed by atoms with E-state index in [4.69, 9.17) is 5.11 Å². The number of aromatic nitrogens is 4. The van der Waals surface area contributed by atoms with Crippen molar-refractivity contribution < 1.29 is 5.11 Å². The van der Waals surface area contributed by atoms with Crippen molar-refractivity contribution >= 4 is 0 Å². The van der Waals surface area contributed by atoms with E-state index in [0.717, 1.165) is 11.3 Å². The number of aliphatic hydroxyl groups excluding tert-OH is 1. The second-order valence-corrected chi connectivity index (χ2v) is 3.30. The summed E-state index contributed by atoms with van der Waals surface area (Å²) in [5.41, 5.74) is 2.09. The summed E-state index contributed by atoms with van der Waals surface area (Å²) in [6, 6.07) is 3.91. The van der Waals surface area contributed by atoms with E-state index in [0.29, 0.717) is 12.4 Å². The van der Waals surface area contributed by atoms with Crippen LogP contribution >= 0.6 is 0 Å². The maximum absolute atomic E-state index is 9.01. The molecule has 15 heavy (non-hydrogen) atoms. The smallest absolute Gasteiger partial charge is 0.158 e. The molecule has 0 atom stereocenters. The van der Waals surface area contributed by atoms with Crippen molar-refractivity contribution in [1.82, 2.24) is 19.7 Å². The quantitative estimate of drug-likeness (QED) is 0.791. The number of rotatable bonds is 3. The largest absolute Gasteiger partial charge is 0.388 e. The van der Waals surface area contributed by atoms with Gasteiger partial charge in [0.1, 0.15) is 12.9 Å². The average Bonchev–Trinajstić information content (AvgIpc) is 2.69. The van der Waals surface area contributed by atoms with Gasteiger partial charge in [-0.2, -0.15) is 0 Å². The van der Waals surface area contributed by atoms with Crippen LogP contribution in [0.15, 0.2) is 24.7 Å². The Hall–Kier alpha value is -1.75. The van der Waals surface area contributed by atoms with E-state index in [-0.39, 0.29) is 6.61 Å². The molecular weight excluding hydrogens is 192 g/mol. The fourth-order valence-corrected chi connectivity index (χ4v) is 1.38. The van der Waals surface area contributed by atoms with Gasteiger partial charge in [-0.15, -0.1) is 10.2 Å². The maximum Gasteiger partial charge on any atom is 0.158 e. The summed E-state index contributed by atoms with van der Waals surface area (Å²) in [5.74, 6) is 0.556.